The molecule has 2 aromatic heterocycles. The summed E-state index contributed by atoms with van der Waals surface area (Å²) in [4.78, 5) is 20.0. The lowest BCUT2D eigenvalue weighted by molar-refractivity contribution is 0.122. The third-order valence-electron chi connectivity index (χ3n) is 6.51. The number of halogens is 1. The van der Waals surface area contributed by atoms with E-state index >= 15 is 0 Å². The Morgan fingerprint density at radius 3 is 2.56 bits per heavy atom. The van der Waals surface area contributed by atoms with Crippen molar-refractivity contribution >= 4 is 28.8 Å². The van der Waals surface area contributed by atoms with Crippen molar-refractivity contribution in [2.24, 2.45) is 4.99 Å². The van der Waals surface area contributed by atoms with Gasteiger partial charge in [0, 0.05) is 42.4 Å². The van der Waals surface area contributed by atoms with E-state index in [4.69, 9.17) is 4.74 Å². The molecule has 0 aliphatic carbocycles. The average molecular weight is 527 g/mol. The molecule has 198 valence electrons. The van der Waals surface area contributed by atoms with Gasteiger partial charge >= 0.3 is 0 Å². The highest BCUT2D eigenvalue weighted by atomic mass is 19.1. The van der Waals surface area contributed by atoms with E-state index in [0.717, 1.165) is 35.7 Å². The Labute approximate surface area is 224 Å². The van der Waals surface area contributed by atoms with Gasteiger partial charge in [-0.1, -0.05) is 6.07 Å². The fraction of sp³-hybridized carbons (Fsp3) is 0.214. The molecule has 0 amide bonds. The number of aliphatic imine (C=N–C) groups is 1. The van der Waals surface area contributed by atoms with E-state index in [1.807, 2.05) is 47.5 Å². The van der Waals surface area contributed by atoms with E-state index in [1.165, 1.54) is 6.07 Å². The van der Waals surface area contributed by atoms with E-state index in [0.29, 0.717) is 48.6 Å². The Balaban J connectivity index is 1.12. The predicted molar refractivity (Wildman–Crippen MR) is 147 cm³/mol. The van der Waals surface area contributed by atoms with Crippen LogP contribution < -0.4 is 20.7 Å². The largest absolute Gasteiger partial charge is 0.392 e. The first-order valence-corrected chi connectivity index (χ1v) is 12.6. The average Bonchev–Trinajstić information content (AvgIpc) is 3.48. The molecule has 10 nitrogen and oxygen atoms in total. The van der Waals surface area contributed by atoms with Gasteiger partial charge in [0.05, 0.1) is 31.2 Å². The topological polar surface area (TPSA) is 111 Å². The number of aliphatic hydroxyl groups is 1. The molecule has 39 heavy (non-hydrogen) atoms. The van der Waals surface area contributed by atoms with Gasteiger partial charge < -0.3 is 20.1 Å². The second-order valence-electron chi connectivity index (χ2n) is 9.13. The fourth-order valence-corrected chi connectivity index (χ4v) is 4.44. The molecule has 3 N–H and O–H groups in total. The number of amidine groups is 1. The van der Waals surface area contributed by atoms with Crippen molar-refractivity contribution in [3.05, 3.63) is 90.1 Å². The summed E-state index contributed by atoms with van der Waals surface area (Å²) in [6.45, 7) is 3.11. The van der Waals surface area contributed by atoms with Gasteiger partial charge in [0.15, 0.2) is 5.84 Å². The summed E-state index contributed by atoms with van der Waals surface area (Å²) in [6, 6.07) is 18.2. The number of ether oxygens (including phenoxy) is 1. The molecule has 0 spiro atoms. The molecule has 0 saturated carbocycles. The molecular formula is C28H27FN8O2. The van der Waals surface area contributed by atoms with Crippen LogP contribution in [0.4, 0.5) is 27.4 Å². The van der Waals surface area contributed by atoms with Gasteiger partial charge in [-0.05, 0) is 60.2 Å². The third-order valence-corrected chi connectivity index (χ3v) is 6.51. The fourth-order valence-electron chi connectivity index (χ4n) is 4.44. The predicted octanol–water partition coefficient (Wildman–Crippen LogP) is 3.48. The van der Waals surface area contributed by atoms with Gasteiger partial charge in [-0.15, -0.1) is 0 Å². The van der Waals surface area contributed by atoms with Crippen molar-refractivity contribution in [2.45, 2.75) is 6.61 Å². The lowest BCUT2D eigenvalue weighted by Gasteiger charge is -2.29. The van der Waals surface area contributed by atoms with E-state index < -0.39 is 0 Å². The van der Waals surface area contributed by atoms with Crippen LogP contribution >= 0.6 is 0 Å². The number of hydrogen-bond donors (Lipinski definition) is 3. The number of aromatic nitrogens is 3. The van der Waals surface area contributed by atoms with Crippen molar-refractivity contribution in [2.75, 3.05) is 48.2 Å². The standard InChI is InChI=1S/C28H27FN8O2/c29-21-13-20(14-24(15-21)36-9-11-39-12-10-36)25-7-8-30-28(34-25)33-22-2-4-23(5-3-22)37-18-32-27(35-37)26-6-1-19(17-38)16-31-26/h1-8,13-16,38H,9-12,17-18H2,(H,32,35)(H,30,33,34). The van der Waals surface area contributed by atoms with Gasteiger partial charge in [0.25, 0.3) is 0 Å². The number of nitrogens with one attached hydrogen (secondary N) is 2. The first-order chi connectivity index (χ1) is 19.1. The lowest BCUT2D eigenvalue weighted by Crippen LogP contribution is -2.36. The van der Waals surface area contributed by atoms with Crippen LogP contribution in [-0.4, -0.2) is 58.9 Å². The first-order valence-electron chi connectivity index (χ1n) is 12.6. The quantitative estimate of drug-likeness (QED) is 0.333. The third kappa shape index (κ3) is 5.64. The van der Waals surface area contributed by atoms with Crippen molar-refractivity contribution < 1.29 is 14.2 Å². The Morgan fingerprint density at radius 1 is 0.949 bits per heavy atom. The second kappa shape index (κ2) is 11.0. The van der Waals surface area contributed by atoms with Gasteiger partial charge in [0.2, 0.25) is 5.95 Å². The summed E-state index contributed by atoms with van der Waals surface area (Å²) >= 11 is 0. The van der Waals surface area contributed by atoms with Crippen molar-refractivity contribution in [3.8, 4) is 11.3 Å². The first kappa shape index (κ1) is 24.7. The van der Waals surface area contributed by atoms with Crippen LogP contribution in [0.25, 0.3) is 11.3 Å². The van der Waals surface area contributed by atoms with Crippen LogP contribution in [0.5, 0.6) is 0 Å². The molecule has 0 unspecified atom stereocenters. The van der Waals surface area contributed by atoms with Crippen LogP contribution in [0.3, 0.4) is 0 Å². The normalized spacial score (nSPS) is 15.2. The van der Waals surface area contributed by atoms with Crippen LogP contribution in [-0.2, 0) is 11.3 Å². The molecule has 0 bridgehead atoms. The van der Waals surface area contributed by atoms with E-state index in [-0.39, 0.29) is 12.4 Å². The van der Waals surface area contributed by atoms with Crippen molar-refractivity contribution in [3.63, 3.8) is 0 Å². The van der Waals surface area contributed by atoms with Gasteiger partial charge in [-0.3, -0.25) is 15.4 Å². The minimum absolute atomic E-state index is 0.0459. The van der Waals surface area contributed by atoms with Crippen LogP contribution in [0.15, 0.2) is 78.0 Å². The number of anilines is 4. The number of nitrogens with zero attached hydrogens (tertiary/aromatic N) is 6. The minimum Gasteiger partial charge on any atom is -0.392 e. The number of hydrazine groups is 1. The van der Waals surface area contributed by atoms with Gasteiger partial charge in [-0.2, -0.15) is 0 Å². The minimum atomic E-state index is -0.307. The summed E-state index contributed by atoms with van der Waals surface area (Å²) in [7, 11) is 0. The van der Waals surface area contributed by atoms with Crippen LogP contribution in [0.1, 0.15) is 11.3 Å². The molecule has 2 aliphatic heterocycles. The molecule has 4 heterocycles. The molecule has 1 saturated heterocycles. The van der Waals surface area contributed by atoms with Crippen molar-refractivity contribution in [1.29, 1.82) is 0 Å². The smallest absolute Gasteiger partial charge is 0.227 e. The maximum Gasteiger partial charge on any atom is 0.227 e. The summed E-state index contributed by atoms with van der Waals surface area (Å²) in [6.07, 6.45) is 3.30. The van der Waals surface area contributed by atoms with E-state index in [9.17, 15) is 9.50 Å². The highest BCUT2D eigenvalue weighted by Crippen LogP contribution is 2.27. The molecule has 0 atom stereocenters. The maximum absolute atomic E-state index is 14.5. The zero-order chi connectivity index (χ0) is 26.6. The second-order valence-corrected chi connectivity index (χ2v) is 9.13. The molecule has 6 rings (SSSR count). The number of pyridine rings is 1. The molecule has 11 heteroatoms. The van der Waals surface area contributed by atoms with Gasteiger partial charge in [0.1, 0.15) is 18.2 Å². The Hall–Kier alpha value is -4.61. The Morgan fingerprint density at radius 2 is 1.79 bits per heavy atom. The molecule has 1 fully saturated rings. The Kier molecular flexibility index (Phi) is 6.98. The highest BCUT2D eigenvalue weighted by Gasteiger charge is 2.18. The zero-order valence-corrected chi connectivity index (χ0v) is 21.1. The molecule has 2 aromatic carbocycles. The Bertz CT molecular complexity index is 1470. The van der Waals surface area contributed by atoms with Crippen LogP contribution in [0.2, 0.25) is 0 Å². The highest BCUT2D eigenvalue weighted by molar-refractivity contribution is 5.99. The number of morpholine rings is 1. The molecular weight excluding hydrogens is 499 g/mol. The summed E-state index contributed by atoms with van der Waals surface area (Å²) < 4.78 is 19.9. The number of benzene rings is 2. The SMILES string of the molecule is OCc1ccc(C2=NCN(c3ccc(Nc4nccc(-c5cc(F)cc(N6CCOCC6)c5)n4)cc3)N2)nc1. The molecule has 0 radical (unpaired) electrons. The lowest BCUT2D eigenvalue weighted by atomic mass is 10.1. The number of aliphatic hydroxyl groups excluding tert-OH is 1. The maximum atomic E-state index is 14.5. The number of rotatable bonds is 7. The van der Waals surface area contributed by atoms with Crippen LogP contribution in [0, 0.1) is 5.82 Å². The summed E-state index contributed by atoms with van der Waals surface area (Å²) in [5.41, 5.74) is 8.59. The van der Waals surface area contributed by atoms with E-state index in [1.54, 1.807) is 24.5 Å². The van der Waals surface area contributed by atoms with E-state index in [2.05, 4.69) is 35.6 Å². The summed E-state index contributed by atoms with van der Waals surface area (Å²) in [5, 5.41) is 14.3. The monoisotopic (exact) mass is 526 g/mol. The molecule has 4 aromatic rings. The summed E-state index contributed by atoms with van der Waals surface area (Å²) in [5.74, 6) is 0.777. The molecule has 2 aliphatic rings. The zero-order valence-electron chi connectivity index (χ0n) is 21.1. The van der Waals surface area contributed by atoms with Crippen molar-refractivity contribution in [1.82, 2.24) is 20.4 Å². The number of hydrogen-bond acceptors (Lipinski definition) is 10. The van der Waals surface area contributed by atoms with Gasteiger partial charge in [-0.25, -0.2) is 19.4 Å².